The van der Waals surface area contributed by atoms with Gasteiger partial charge in [-0.2, -0.15) is 0 Å². The highest BCUT2D eigenvalue weighted by Crippen LogP contribution is 2.27. The van der Waals surface area contributed by atoms with Crippen LogP contribution in [0.1, 0.15) is 27.2 Å². The Balaban J connectivity index is 2.15. The SMILES string of the molecule is Cc1c(C)n(Cc2ccccc2)c2ccc(C(=O)Cl)cc12. The summed E-state index contributed by atoms with van der Waals surface area (Å²) in [6.07, 6.45) is 0. The third-order valence-corrected chi connectivity index (χ3v) is 4.27. The minimum atomic E-state index is -0.412. The lowest BCUT2D eigenvalue weighted by atomic mass is 10.1. The second-order valence-electron chi connectivity index (χ2n) is 5.29. The Morgan fingerprint density at radius 2 is 1.81 bits per heavy atom. The molecule has 0 aliphatic rings. The molecule has 2 nitrogen and oxygen atoms in total. The molecule has 21 heavy (non-hydrogen) atoms. The first-order valence-corrected chi connectivity index (χ1v) is 7.29. The van der Waals surface area contributed by atoms with Gasteiger partial charge in [0.15, 0.2) is 0 Å². The Morgan fingerprint density at radius 3 is 2.48 bits per heavy atom. The number of carbonyl (C=O) groups is 1. The summed E-state index contributed by atoms with van der Waals surface area (Å²) >= 11 is 5.59. The monoisotopic (exact) mass is 297 g/mol. The molecule has 0 saturated carbocycles. The fraction of sp³-hybridized carbons (Fsp3) is 0.167. The van der Waals surface area contributed by atoms with Crippen LogP contribution in [0.2, 0.25) is 0 Å². The van der Waals surface area contributed by atoms with Crippen molar-refractivity contribution in [3.8, 4) is 0 Å². The van der Waals surface area contributed by atoms with E-state index in [0.29, 0.717) is 5.56 Å². The fourth-order valence-electron chi connectivity index (χ4n) is 2.74. The van der Waals surface area contributed by atoms with E-state index in [4.69, 9.17) is 11.6 Å². The number of carbonyl (C=O) groups excluding carboxylic acids is 1. The third-order valence-electron chi connectivity index (χ3n) is 4.05. The number of benzene rings is 2. The van der Waals surface area contributed by atoms with Crippen LogP contribution in [0.5, 0.6) is 0 Å². The largest absolute Gasteiger partial charge is 0.340 e. The number of aromatic nitrogens is 1. The summed E-state index contributed by atoms with van der Waals surface area (Å²) in [5.74, 6) is 0. The molecule has 0 N–H and O–H groups in total. The molecule has 3 aromatic rings. The molecular formula is C18H16ClNO. The van der Waals surface area contributed by atoms with Crippen LogP contribution in [0.4, 0.5) is 0 Å². The number of nitrogens with zero attached hydrogens (tertiary/aromatic N) is 1. The van der Waals surface area contributed by atoms with Gasteiger partial charge in [-0.15, -0.1) is 0 Å². The lowest BCUT2D eigenvalue weighted by Gasteiger charge is -2.08. The summed E-state index contributed by atoms with van der Waals surface area (Å²) in [5.41, 5.74) is 5.35. The van der Waals surface area contributed by atoms with E-state index in [-0.39, 0.29) is 0 Å². The van der Waals surface area contributed by atoms with Crippen LogP contribution in [-0.4, -0.2) is 9.81 Å². The van der Waals surface area contributed by atoms with Gasteiger partial charge in [0.1, 0.15) is 0 Å². The predicted molar refractivity (Wildman–Crippen MR) is 87.1 cm³/mol. The van der Waals surface area contributed by atoms with Gasteiger partial charge in [0.2, 0.25) is 0 Å². The van der Waals surface area contributed by atoms with Crippen LogP contribution in [0, 0.1) is 13.8 Å². The van der Waals surface area contributed by atoms with Gasteiger partial charge in [-0.05, 0) is 54.8 Å². The molecule has 3 heteroatoms. The number of fused-ring (bicyclic) bond motifs is 1. The quantitative estimate of drug-likeness (QED) is 0.643. The zero-order chi connectivity index (χ0) is 15.0. The molecule has 0 aliphatic carbocycles. The van der Waals surface area contributed by atoms with Gasteiger partial charge in [-0.1, -0.05) is 30.3 Å². The van der Waals surface area contributed by atoms with Gasteiger partial charge < -0.3 is 4.57 Å². The van der Waals surface area contributed by atoms with Crippen molar-refractivity contribution in [2.75, 3.05) is 0 Å². The highest BCUT2D eigenvalue weighted by molar-refractivity contribution is 6.67. The molecule has 0 atom stereocenters. The minimum Gasteiger partial charge on any atom is -0.340 e. The van der Waals surface area contributed by atoms with Crippen LogP contribution < -0.4 is 0 Å². The third kappa shape index (κ3) is 2.47. The summed E-state index contributed by atoms with van der Waals surface area (Å²) in [6, 6.07) is 16.0. The maximum Gasteiger partial charge on any atom is 0.252 e. The number of rotatable bonds is 3. The van der Waals surface area contributed by atoms with E-state index < -0.39 is 5.24 Å². The highest BCUT2D eigenvalue weighted by atomic mass is 35.5. The smallest absolute Gasteiger partial charge is 0.252 e. The second kappa shape index (κ2) is 5.38. The highest BCUT2D eigenvalue weighted by Gasteiger charge is 2.13. The maximum absolute atomic E-state index is 11.3. The first-order valence-electron chi connectivity index (χ1n) is 6.91. The van der Waals surface area contributed by atoms with Gasteiger partial charge in [-0.25, -0.2) is 0 Å². The van der Waals surface area contributed by atoms with Crippen molar-refractivity contribution in [1.82, 2.24) is 4.57 Å². The van der Waals surface area contributed by atoms with Crippen molar-refractivity contribution in [3.63, 3.8) is 0 Å². The summed E-state index contributed by atoms with van der Waals surface area (Å²) < 4.78 is 2.28. The summed E-state index contributed by atoms with van der Waals surface area (Å²) in [6.45, 7) is 5.02. The van der Waals surface area contributed by atoms with Crippen LogP contribution in [0.15, 0.2) is 48.5 Å². The van der Waals surface area contributed by atoms with E-state index in [1.54, 1.807) is 6.07 Å². The van der Waals surface area contributed by atoms with Gasteiger partial charge in [-0.3, -0.25) is 4.79 Å². The number of hydrogen-bond donors (Lipinski definition) is 0. The van der Waals surface area contributed by atoms with Crippen molar-refractivity contribution >= 4 is 27.7 Å². The summed E-state index contributed by atoms with van der Waals surface area (Å²) in [4.78, 5) is 11.3. The second-order valence-corrected chi connectivity index (χ2v) is 5.63. The predicted octanol–water partition coefficient (Wildman–Crippen LogP) is 4.69. The van der Waals surface area contributed by atoms with E-state index in [1.807, 2.05) is 30.3 Å². The van der Waals surface area contributed by atoms with Gasteiger partial charge in [0.05, 0.1) is 0 Å². The van der Waals surface area contributed by atoms with Crippen molar-refractivity contribution < 1.29 is 4.79 Å². The molecule has 2 aromatic carbocycles. The summed E-state index contributed by atoms with van der Waals surface area (Å²) in [5, 5.41) is 0.680. The lowest BCUT2D eigenvalue weighted by molar-refractivity contribution is 0.108. The lowest BCUT2D eigenvalue weighted by Crippen LogP contribution is -2.01. The van der Waals surface area contributed by atoms with E-state index in [1.165, 1.54) is 16.8 Å². The molecule has 0 radical (unpaired) electrons. The zero-order valence-corrected chi connectivity index (χ0v) is 12.8. The average Bonchev–Trinajstić information content (AvgIpc) is 2.73. The zero-order valence-electron chi connectivity index (χ0n) is 12.1. The van der Waals surface area contributed by atoms with Crippen molar-refractivity contribution in [2.45, 2.75) is 20.4 Å². The van der Waals surface area contributed by atoms with Gasteiger partial charge in [0.25, 0.3) is 5.24 Å². The van der Waals surface area contributed by atoms with E-state index in [9.17, 15) is 4.79 Å². The van der Waals surface area contributed by atoms with Crippen molar-refractivity contribution in [1.29, 1.82) is 0 Å². The molecular weight excluding hydrogens is 282 g/mol. The average molecular weight is 298 g/mol. The first-order chi connectivity index (χ1) is 10.1. The molecule has 0 spiro atoms. The standard InChI is InChI=1S/C18H16ClNO/c1-12-13(2)20(11-14-6-4-3-5-7-14)17-9-8-15(18(19)21)10-16(12)17/h3-10H,11H2,1-2H3. The molecule has 106 valence electrons. The van der Waals surface area contributed by atoms with Crippen LogP contribution in [-0.2, 0) is 6.54 Å². The molecule has 1 heterocycles. The Kier molecular flexibility index (Phi) is 3.56. The molecule has 0 amide bonds. The van der Waals surface area contributed by atoms with Gasteiger partial charge in [0, 0.05) is 28.7 Å². The van der Waals surface area contributed by atoms with E-state index in [0.717, 1.165) is 17.4 Å². The molecule has 0 fully saturated rings. The molecule has 0 unspecified atom stereocenters. The van der Waals surface area contributed by atoms with Gasteiger partial charge >= 0.3 is 0 Å². The summed E-state index contributed by atoms with van der Waals surface area (Å²) in [7, 11) is 0. The van der Waals surface area contributed by atoms with E-state index in [2.05, 4.69) is 30.5 Å². The first kappa shape index (κ1) is 13.9. The maximum atomic E-state index is 11.3. The molecule has 0 saturated heterocycles. The molecule has 0 aliphatic heterocycles. The topological polar surface area (TPSA) is 22.0 Å². The van der Waals surface area contributed by atoms with Crippen molar-refractivity contribution in [3.05, 3.63) is 70.9 Å². The number of halogens is 1. The normalized spacial score (nSPS) is 11.0. The van der Waals surface area contributed by atoms with Crippen LogP contribution in [0.3, 0.4) is 0 Å². The van der Waals surface area contributed by atoms with Crippen LogP contribution >= 0.6 is 11.6 Å². The minimum absolute atomic E-state index is 0.412. The number of hydrogen-bond acceptors (Lipinski definition) is 1. The Labute approximate surface area is 129 Å². The molecule has 1 aromatic heterocycles. The Hall–Kier alpha value is -2.06. The molecule has 0 bridgehead atoms. The fourth-order valence-corrected chi connectivity index (χ4v) is 2.86. The van der Waals surface area contributed by atoms with E-state index >= 15 is 0 Å². The molecule has 3 rings (SSSR count). The number of aryl methyl sites for hydroxylation is 1. The Bertz CT molecular complexity index is 818. The Morgan fingerprint density at radius 1 is 1.10 bits per heavy atom. The van der Waals surface area contributed by atoms with Crippen LogP contribution in [0.25, 0.3) is 10.9 Å². The van der Waals surface area contributed by atoms with Crippen molar-refractivity contribution in [2.24, 2.45) is 0 Å².